The van der Waals surface area contributed by atoms with Gasteiger partial charge in [0.15, 0.2) is 11.6 Å². The molecular formula is C26H19N7OS. The van der Waals surface area contributed by atoms with Crippen molar-refractivity contribution in [2.45, 2.75) is 0 Å². The van der Waals surface area contributed by atoms with Gasteiger partial charge in [0, 0.05) is 40.2 Å². The van der Waals surface area contributed by atoms with E-state index in [9.17, 15) is 0 Å². The number of aromatic nitrogens is 5. The van der Waals surface area contributed by atoms with Crippen molar-refractivity contribution in [1.29, 1.82) is 0 Å². The zero-order valence-corrected chi connectivity index (χ0v) is 19.2. The molecule has 0 radical (unpaired) electrons. The lowest BCUT2D eigenvalue weighted by atomic mass is 10.1. The molecule has 0 saturated heterocycles. The maximum Gasteiger partial charge on any atom is 0.227 e. The number of nitrogens with one attached hydrogen (secondary N) is 2. The van der Waals surface area contributed by atoms with Crippen molar-refractivity contribution in [2.75, 3.05) is 11.1 Å². The molecule has 0 unspecified atom stereocenters. The van der Waals surface area contributed by atoms with Crippen molar-refractivity contribution < 1.29 is 4.74 Å². The molecule has 4 N–H and O–H groups in total. The van der Waals surface area contributed by atoms with Gasteiger partial charge in [0.1, 0.15) is 11.4 Å². The molecule has 6 aromatic rings. The van der Waals surface area contributed by atoms with E-state index < -0.39 is 0 Å². The van der Waals surface area contributed by atoms with Crippen LogP contribution in [0.2, 0.25) is 0 Å². The first-order valence-electron chi connectivity index (χ1n) is 10.8. The van der Waals surface area contributed by atoms with Gasteiger partial charge in [-0.05, 0) is 47.8 Å². The minimum atomic E-state index is 0.390. The molecule has 0 amide bonds. The fourth-order valence-electron chi connectivity index (χ4n) is 3.82. The van der Waals surface area contributed by atoms with Gasteiger partial charge >= 0.3 is 0 Å². The Morgan fingerprint density at radius 2 is 1.74 bits per heavy atom. The van der Waals surface area contributed by atoms with Crippen molar-refractivity contribution >= 4 is 38.7 Å². The summed E-state index contributed by atoms with van der Waals surface area (Å²) in [5.41, 5.74) is 10.2. The summed E-state index contributed by atoms with van der Waals surface area (Å²) in [5, 5.41) is 22.2. The van der Waals surface area contributed by atoms with E-state index in [1.165, 1.54) is 0 Å². The first-order chi connectivity index (χ1) is 17.3. The molecule has 0 atom stereocenters. The molecule has 8 nitrogen and oxygen atoms in total. The van der Waals surface area contributed by atoms with Gasteiger partial charge in [-0.3, -0.25) is 5.10 Å². The zero-order valence-electron chi connectivity index (χ0n) is 18.3. The fourth-order valence-corrected chi connectivity index (χ4v) is 4.65. The van der Waals surface area contributed by atoms with Crippen LogP contribution in [0.5, 0.6) is 11.6 Å². The van der Waals surface area contributed by atoms with E-state index in [0.29, 0.717) is 23.3 Å². The Bertz CT molecular complexity index is 1610. The quantitative estimate of drug-likeness (QED) is 0.259. The second-order valence-corrected chi connectivity index (χ2v) is 8.63. The lowest BCUT2D eigenvalue weighted by Gasteiger charge is -2.11. The number of nitrogens with two attached hydrogens (primary N) is 1. The molecular weight excluding hydrogens is 458 g/mol. The summed E-state index contributed by atoms with van der Waals surface area (Å²) >= 11 is 1.63. The summed E-state index contributed by atoms with van der Waals surface area (Å²) in [6.45, 7) is 0. The number of nitrogens with zero attached hydrogens (tertiary/aromatic N) is 4. The summed E-state index contributed by atoms with van der Waals surface area (Å²) in [6, 6.07) is 23.5. The van der Waals surface area contributed by atoms with Crippen LogP contribution in [0.1, 0.15) is 0 Å². The smallest absolute Gasteiger partial charge is 0.227 e. The third kappa shape index (κ3) is 4.04. The molecule has 0 aliphatic rings. The van der Waals surface area contributed by atoms with Crippen molar-refractivity contribution in [1.82, 2.24) is 25.4 Å². The largest absolute Gasteiger partial charge is 0.438 e. The summed E-state index contributed by atoms with van der Waals surface area (Å²) in [5.74, 6) is 2.20. The predicted molar refractivity (Wildman–Crippen MR) is 139 cm³/mol. The molecule has 9 heteroatoms. The molecule has 170 valence electrons. The fraction of sp³-hybridized carbons (Fsp3) is 0. The summed E-state index contributed by atoms with van der Waals surface area (Å²) in [7, 11) is 0. The van der Waals surface area contributed by atoms with E-state index >= 15 is 0 Å². The number of hydrogen-bond acceptors (Lipinski definition) is 8. The topological polar surface area (TPSA) is 115 Å². The van der Waals surface area contributed by atoms with Crippen LogP contribution in [-0.4, -0.2) is 25.4 Å². The van der Waals surface area contributed by atoms with Gasteiger partial charge in [-0.1, -0.05) is 30.3 Å². The average molecular weight is 478 g/mol. The summed E-state index contributed by atoms with van der Waals surface area (Å²) in [4.78, 5) is 4.37. The van der Waals surface area contributed by atoms with Crippen LogP contribution < -0.4 is 15.8 Å². The Hall–Kier alpha value is -4.76. The third-order valence-corrected chi connectivity index (χ3v) is 6.42. The number of rotatable bonds is 6. The number of benzene rings is 2. The third-order valence-electron chi connectivity index (χ3n) is 5.50. The molecule has 0 aliphatic carbocycles. The highest BCUT2D eigenvalue weighted by Gasteiger charge is 2.14. The molecule has 6 rings (SSSR count). The van der Waals surface area contributed by atoms with E-state index in [1.807, 2.05) is 66.7 Å². The monoisotopic (exact) mass is 477 g/mol. The van der Waals surface area contributed by atoms with Gasteiger partial charge in [-0.2, -0.15) is 5.10 Å². The van der Waals surface area contributed by atoms with Crippen molar-refractivity contribution in [3.8, 4) is 34.0 Å². The molecule has 0 bridgehead atoms. The highest BCUT2D eigenvalue weighted by atomic mass is 32.1. The molecule has 4 aromatic heterocycles. The standard InChI is InChI=1S/C26H19N7OS/c27-24-21(15-29-32-24)19-7-4-13-28-26(19)34-18-10-8-17(9-11-18)30-25-23-20(12-14-35-23)22(31-33-25)16-5-2-1-3-6-16/h1-15H,(H,30,33)(H3,27,29,32). The van der Waals surface area contributed by atoms with E-state index in [2.05, 4.69) is 42.1 Å². The second-order valence-electron chi connectivity index (χ2n) is 7.72. The first kappa shape index (κ1) is 20.8. The van der Waals surface area contributed by atoms with Crippen molar-refractivity contribution in [3.05, 3.63) is 90.6 Å². The number of nitrogen functional groups attached to an aromatic ring is 1. The summed E-state index contributed by atoms with van der Waals surface area (Å²) in [6.07, 6.45) is 3.40. The van der Waals surface area contributed by atoms with Gasteiger partial charge in [-0.15, -0.1) is 21.5 Å². The van der Waals surface area contributed by atoms with Gasteiger partial charge in [0.25, 0.3) is 0 Å². The SMILES string of the molecule is Nc1n[nH]cc1-c1cccnc1Oc1ccc(Nc2nnc(-c3ccccc3)c3ccsc23)cc1. The van der Waals surface area contributed by atoms with Crippen molar-refractivity contribution in [3.63, 3.8) is 0 Å². The minimum absolute atomic E-state index is 0.390. The Morgan fingerprint density at radius 1 is 0.886 bits per heavy atom. The molecule has 0 aliphatic heterocycles. The predicted octanol–water partition coefficient (Wildman–Crippen LogP) is 6.26. The number of hydrogen-bond donors (Lipinski definition) is 3. The number of ether oxygens (including phenoxy) is 1. The molecule has 4 heterocycles. The van der Waals surface area contributed by atoms with Gasteiger partial charge in [0.05, 0.1) is 4.70 Å². The highest BCUT2D eigenvalue weighted by molar-refractivity contribution is 7.17. The normalized spacial score (nSPS) is 11.0. The molecule has 0 spiro atoms. The number of aromatic amines is 1. The lowest BCUT2D eigenvalue weighted by Crippen LogP contribution is -1.98. The van der Waals surface area contributed by atoms with Crippen LogP contribution in [0.4, 0.5) is 17.3 Å². The van der Waals surface area contributed by atoms with Gasteiger partial charge in [-0.25, -0.2) is 4.98 Å². The number of H-pyrrole nitrogens is 1. The molecule has 2 aromatic carbocycles. The van der Waals surface area contributed by atoms with Crippen LogP contribution in [0, 0.1) is 0 Å². The first-order valence-corrected chi connectivity index (χ1v) is 11.7. The van der Waals surface area contributed by atoms with Crippen LogP contribution >= 0.6 is 11.3 Å². The van der Waals surface area contributed by atoms with E-state index in [4.69, 9.17) is 10.5 Å². The molecule has 0 saturated carbocycles. The van der Waals surface area contributed by atoms with Crippen LogP contribution in [0.25, 0.3) is 32.5 Å². The zero-order chi connectivity index (χ0) is 23.6. The molecule has 0 fully saturated rings. The van der Waals surface area contributed by atoms with Gasteiger partial charge in [0.2, 0.25) is 5.88 Å². The number of pyridine rings is 1. The number of fused-ring (bicyclic) bond motifs is 1. The minimum Gasteiger partial charge on any atom is -0.438 e. The molecule has 35 heavy (non-hydrogen) atoms. The van der Waals surface area contributed by atoms with E-state index in [1.54, 1.807) is 23.7 Å². The maximum atomic E-state index is 6.05. The van der Waals surface area contributed by atoms with Crippen LogP contribution in [-0.2, 0) is 0 Å². The Kier molecular flexibility index (Phi) is 5.28. The van der Waals surface area contributed by atoms with Crippen LogP contribution in [0.3, 0.4) is 0 Å². The highest BCUT2D eigenvalue weighted by Crippen LogP contribution is 2.36. The number of anilines is 3. The maximum absolute atomic E-state index is 6.05. The van der Waals surface area contributed by atoms with Crippen LogP contribution in [0.15, 0.2) is 90.6 Å². The van der Waals surface area contributed by atoms with E-state index in [-0.39, 0.29) is 0 Å². The second kappa shape index (κ2) is 8.88. The Morgan fingerprint density at radius 3 is 2.54 bits per heavy atom. The lowest BCUT2D eigenvalue weighted by molar-refractivity contribution is 0.465. The Labute approximate surface area is 204 Å². The van der Waals surface area contributed by atoms with Gasteiger partial charge < -0.3 is 15.8 Å². The van der Waals surface area contributed by atoms with Crippen molar-refractivity contribution in [2.24, 2.45) is 0 Å². The average Bonchev–Trinajstić information content (AvgIpc) is 3.56. The summed E-state index contributed by atoms with van der Waals surface area (Å²) < 4.78 is 7.10. The number of thiophene rings is 1. The Balaban J connectivity index is 1.24. The van der Waals surface area contributed by atoms with E-state index in [0.717, 1.165) is 38.2 Å².